The van der Waals surface area contributed by atoms with Gasteiger partial charge >= 0.3 is 6.09 Å². The average molecular weight is 364 g/mol. The Kier molecular flexibility index (Phi) is 6.26. The average Bonchev–Trinajstić information content (AvgIpc) is 2.51. The van der Waals surface area contributed by atoms with E-state index in [1.165, 1.54) is 6.20 Å². The number of carbonyl (C=O) groups excluding carboxylic acids is 1. The van der Waals surface area contributed by atoms with Crippen molar-refractivity contribution in [3.8, 4) is 0 Å². The zero-order valence-electron chi connectivity index (χ0n) is 14.9. The highest BCUT2D eigenvalue weighted by Gasteiger charge is 2.27. The standard InChI is InChI=1S/C19H22F2N2O3/c1-19(2,3)26-18(25)23-16(17(24)15-6-4-5-7-22-15)10-12-8-13(20)11-14(21)9-12/h4-9,11,16-17,24H,10H2,1-3H3,(H,23,25)/t16-,17?/m0/s1. The van der Waals surface area contributed by atoms with E-state index in [1.54, 1.807) is 39.0 Å². The SMILES string of the molecule is CC(C)(C)OC(=O)N[C@@H](Cc1cc(F)cc(F)c1)C(O)c1ccccn1. The van der Waals surface area contributed by atoms with Gasteiger partial charge in [-0.3, -0.25) is 4.98 Å². The molecule has 7 heteroatoms. The number of hydrogen-bond donors (Lipinski definition) is 2. The summed E-state index contributed by atoms with van der Waals surface area (Å²) in [5.74, 6) is -1.47. The lowest BCUT2D eigenvalue weighted by atomic mass is 9.98. The van der Waals surface area contributed by atoms with Crippen LogP contribution in [0.25, 0.3) is 0 Å². The summed E-state index contributed by atoms with van der Waals surface area (Å²) in [4.78, 5) is 16.2. The number of amides is 1. The Hall–Kier alpha value is -2.54. The molecule has 140 valence electrons. The van der Waals surface area contributed by atoms with Gasteiger partial charge in [-0.05, 0) is 57.0 Å². The van der Waals surface area contributed by atoms with Crippen LogP contribution in [0.5, 0.6) is 0 Å². The van der Waals surface area contributed by atoms with Gasteiger partial charge < -0.3 is 15.2 Å². The predicted molar refractivity (Wildman–Crippen MR) is 92.4 cm³/mol. The molecule has 2 N–H and O–H groups in total. The van der Waals surface area contributed by atoms with E-state index in [4.69, 9.17) is 4.74 Å². The molecule has 0 radical (unpaired) electrons. The number of nitrogens with zero attached hydrogens (tertiary/aromatic N) is 1. The van der Waals surface area contributed by atoms with E-state index in [1.807, 2.05) is 0 Å². The van der Waals surface area contributed by atoms with E-state index >= 15 is 0 Å². The summed E-state index contributed by atoms with van der Waals surface area (Å²) >= 11 is 0. The van der Waals surface area contributed by atoms with Crippen molar-refractivity contribution in [2.24, 2.45) is 0 Å². The summed E-state index contributed by atoms with van der Waals surface area (Å²) < 4.78 is 32.1. The Bertz CT molecular complexity index is 728. The van der Waals surface area contributed by atoms with Crippen molar-refractivity contribution in [2.45, 2.75) is 44.9 Å². The van der Waals surface area contributed by atoms with Crippen LogP contribution in [0.3, 0.4) is 0 Å². The Morgan fingerprint density at radius 1 is 1.23 bits per heavy atom. The summed E-state index contributed by atoms with van der Waals surface area (Å²) in [5, 5.41) is 13.2. The number of aliphatic hydroxyl groups excluding tert-OH is 1. The van der Waals surface area contributed by atoms with Crippen LogP contribution in [0, 0.1) is 11.6 Å². The Labute approximate surface area is 151 Å². The lowest BCUT2D eigenvalue weighted by Crippen LogP contribution is -2.43. The van der Waals surface area contributed by atoms with Gasteiger partial charge in [0.25, 0.3) is 0 Å². The van der Waals surface area contributed by atoms with Crippen LogP contribution in [-0.4, -0.2) is 27.8 Å². The number of halogens is 2. The van der Waals surface area contributed by atoms with E-state index < -0.39 is 35.5 Å². The fourth-order valence-corrected chi connectivity index (χ4v) is 2.44. The quantitative estimate of drug-likeness (QED) is 0.851. The lowest BCUT2D eigenvalue weighted by molar-refractivity contribution is 0.0417. The van der Waals surface area contributed by atoms with Crippen LogP contribution >= 0.6 is 0 Å². The van der Waals surface area contributed by atoms with Crippen LogP contribution in [0.2, 0.25) is 0 Å². The molecule has 0 aliphatic rings. The van der Waals surface area contributed by atoms with Crippen molar-refractivity contribution >= 4 is 6.09 Å². The van der Waals surface area contributed by atoms with Gasteiger partial charge in [-0.1, -0.05) is 6.07 Å². The second kappa shape index (κ2) is 8.23. The molecule has 0 saturated carbocycles. The molecule has 1 aromatic carbocycles. The van der Waals surface area contributed by atoms with Gasteiger partial charge in [0.05, 0.1) is 11.7 Å². The molecule has 26 heavy (non-hydrogen) atoms. The maximum absolute atomic E-state index is 13.5. The van der Waals surface area contributed by atoms with Gasteiger partial charge in [-0.2, -0.15) is 0 Å². The number of aliphatic hydroxyl groups is 1. The van der Waals surface area contributed by atoms with Crippen molar-refractivity contribution in [1.82, 2.24) is 10.3 Å². The molecule has 0 aliphatic heterocycles. The van der Waals surface area contributed by atoms with E-state index in [0.717, 1.165) is 18.2 Å². The van der Waals surface area contributed by atoms with Gasteiger partial charge in [0, 0.05) is 12.3 Å². The number of aromatic nitrogens is 1. The van der Waals surface area contributed by atoms with Crippen LogP contribution in [0.4, 0.5) is 13.6 Å². The molecule has 1 amide bonds. The molecule has 2 aromatic rings. The Morgan fingerprint density at radius 3 is 2.42 bits per heavy atom. The van der Waals surface area contributed by atoms with Gasteiger partial charge in [-0.25, -0.2) is 13.6 Å². The maximum Gasteiger partial charge on any atom is 0.407 e. The molecule has 1 unspecified atom stereocenters. The fraction of sp³-hybridized carbons (Fsp3) is 0.368. The highest BCUT2D eigenvalue weighted by atomic mass is 19.1. The first-order valence-electron chi connectivity index (χ1n) is 8.17. The first kappa shape index (κ1) is 19.8. The summed E-state index contributed by atoms with van der Waals surface area (Å²) in [6, 6.07) is 7.15. The number of pyridine rings is 1. The third kappa shape index (κ3) is 6.07. The smallest absolute Gasteiger partial charge is 0.407 e. The Morgan fingerprint density at radius 2 is 1.88 bits per heavy atom. The maximum atomic E-state index is 13.5. The fourth-order valence-electron chi connectivity index (χ4n) is 2.44. The summed E-state index contributed by atoms with van der Waals surface area (Å²) in [5.41, 5.74) is -0.112. The van der Waals surface area contributed by atoms with Crippen LogP contribution < -0.4 is 5.32 Å². The zero-order valence-corrected chi connectivity index (χ0v) is 14.9. The molecule has 0 saturated heterocycles. The number of benzene rings is 1. The van der Waals surface area contributed by atoms with Gasteiger partial charge in [0.1, 0.15) is 23.3 Å². The molecule has 5 nitrogen and oxygen atoms in total. The van der Waals surface area contributed by atoms with Gasteiger partial charge in [-0.15, -0.1) is 0 Å². The Balaban J connectivity index is 2.24. The largest absolute Gasteiger partial charge is 0.444 e. The molecular weight excluding hydrogens is 342 g/mol. The van der Waals surface area contributed by atoms with Crippen LogP contribution in [-0.2, 0) is 11.2 Å². The second-order valence-corrected chi connectivity index (χ2v) is 6.93. The summed E-state index contributed by atoms with van der Waals surface area (Å²) in [7, 11) is 0. The number of nitrogens with one attached hydrogen (secondary N) is 1. The molecule has 0 bridgehead atoms. The second-order valence-electron chi connectivity index (χ2n) is 6.93. The third-order valence-electron chi connectivity index (χ3n) is 3.45. The van der Waals surface area contributed by atoms with E-state index in [2.05, 4.69) is 10.3 Å². The molecular formula is C19H22F2N2O3. The number of rotatable bonds is 5. The number of ether oxygens (including phenoxy) is 1. The summed E-state index contributed by atoms with van der Waals surface area (Å²) in [6.45, 7) is 5.12. The third-order valence-corrected chi connectivity index (χ3v) is 3.45. The predicted octanol–water partition coefficient (Wildman–Crippen LogP) is 3.53. The van der Waals surface area contributed by atoms with Crippen molar-refractivity contribution in [2.75, 3.05) is 0 Å². The van der Waals surface area contributed by atoms with E-state index in [0.29, 0.717) is 11.3 Å². The van der Waals surface area contributed by atoms with Crippen molar-refractivity contribution < 1.29 is 23.4 Å². The van der Waals surface area contributed by atoms with Crippen molar-refractivity contribution in [1.29, 1.82) is 0 Å². The lowest BCUT2D eigenvalue weighted by Gasteiger charge is -2.26. The molecule has 1 aromatic heterocycles. The molecule has 1 heterocycles. The minimum atomic E-state index is -1.19. The van der Waals surface area contributed by atoms with Crippen LogP contribution in [0.1, 0.15) is 38.1 Å². The molecule has 0 spiro atoms. The minimum Gasteiger partial charge on any atom is -0.444 e. The highest BCUT2D eigenvalue weighted by molar-refractivity contribution is 5.68. The normalized spacial score (nSPS) is 13.8. The zero-order chi connectivity index (χ0) is 19.3. The summed E-state index contributed by atoms with van der Waals surface area (Å²) in [6.07, 6.45) is -0.430. The minimum absolute atomic E-state index is 0.00827. The van der Waals surface area contributed by atoms with Gasteiger partial charge in [0.2, 0.25) is 0 Å². The van der Waals surface area contributed by atoms with E-state index in [-0.39, 0.29) is 6.42 Å². The topological polar surface area (TPSA) is 71.5 Å². The van der Waals surface area contributed by atoms with Crippen molar-refractivity contribution in [3.63, 3.8) is 0 Å². The number of alkyl carbamates (subject to hydrolysis) is 1. The molecule has 0 fully saturated rings. The molecule has 0 aliphatic carbocycles. The molecule has 2 rings (SSSR count). The molecule has 2 atom stereocenters. The van der Waals surface area contributed by atoms with E-state index in [9.17, 15) is 18.7 Å². The first-order chi connectivity index (χ1) is 12.1. The number of hydrogen-bond acceptors (Lipinski definition) is 4. The highest BCUT2D eigenvalue weighted by Crippen LogP contribution is 2.20. The number of carbonyl (C=O) groups is 1. The monoisotopic (exact) mass is 364 g/mol. The first-order valence-corrected chi connectivity index (χ1v) is 8.17. The van der Waals surface area contributed by atoms with Crippen molar-refractivity contribution in [3.05, 3.63) is 65.5 Å². The van der Waals surface area contributed by atoms with Crippen LogP contribution in [0.15, 0.2) is 42.6 Å². The van der Waals surface area contributed by atoms with Gasteiger partial charge in [0.15, 0.2) is 0 Å².